The minimum atomic E-state index is -0.0714. The number of benzene rings is 1. The fourth-order valence-corrected chi connectivity index (χ4v) is 3.65. The van der Waals surface area contributed by atoms with Gasteiger partial charge in [-0.3, -0.25) is 9.69 Å². The molecule has 2 aliphatic rings. The molecule has 114 valence electrons. The molecule has 2 atom stereocenters. The monoisotopic (exact) mass is 287 g/mol. The number of rotatable bonds is 4. The van der Waals surface area contributed by atoms with Crippen LogP contribution >= 0.6 is 0 Å². The van der Waals surface area contributed by atoms with Gasteiger partial charge in [-0.15, -0.1) is 0 Å². The topological polar surface area (TPSA) is 35.6 Å². The molecule has 1 fully saturated rings. The van der Waals surface area contributed by atoms with Crippen molar-refractivity contribution in [2.24, 2.45) is 0 Å². The molecule has 1 amide bonds. The first-order valence-corrected chi connectivity index (χ1v) is 8.10. The average Bonchev–Trinajstić information content (AvgIpc) is 3.14. The van der Waals surface area contributed by atoms with Crippen LogP contribution in [0, 0.1) is 0 Å². The fourth-order valence-electron chi connectivity index (χ4n) is 3.65. The zero-order valence-electron chi connectivity index (χ0n) is 13.0. The van der Waals surface area contributed by atoms with Gasteiger partial charge in [0.15, 0.2) is 0 Å². The number of hydrogen-bond acceptors (Lipinski definition) is 3. The number of amides is 1. The summed E-state index contributed by atoms with van der Waals surface area (Å²) in [4.78, 5) is 17.2. The van der Waals surface area contributed by atoms with Crippen molar-refractivity contribution in [1.29, 1.82) is 0 Å². The zero-order valence-corrected chi connectivity index (χ0v) is 13.0. The van der Waals surface area contributed by atoms with Crippen molar-refractivity contribution in [2.75, 3.05) is 31.5 Å². The number of nitrogens with one attached hydrogen (secondary N) is 1. The van der Waals surface area contributed by atoms with Crippen molar-refractivity contribution < 1.29 is 4.79 Å². The summed E-state index contributed by atoms with van der Waals surface area (Å²) in [7, 11) is 0. The molecule has 0 radical (unpaired) electrons. The van der Waals surface area contributed by atoms with Gasteiger partial charge in [0.1, 0.15) is 6.04 Å². The van der Waals surface area contributed by atoms with Gasteiger partial charge in [0.25, 0.3) is 0 Å². The molecule has 1 unspecified atom stereocenters. The van der Waals surface area contributed by atoms with Crippen LogP contribution in [0.3, 0.4) is 0 Å². The van der Waals surface area contributed by atoms with E-state index >= 15 is 0 Å². The van der Waals surface area contributed by atoms with E-state index in [9.17, 15) is 4.79 Å². The number of anilines is 1. The number of hydrogen-bond donors (Lipinski definition) is 1. The molecule has 3 rings (SSSR count). The van der Waals surface area contributed by atoms with Gasteiger partial charge in [-0.1, -0.05) is 32.0 Å². The number of nitrogens with zero attached hydrogens (tertiary/aromatic N) is 2. The number of fused-ring (bicyclic) bond motifs is 1. The molecule has 1 aromatic rings. The molecule has 0 bridgehead atoms. The highest BCUT2D eigenvalue weighted by Gasteiger charge is 2.35. The minimum absolute atomic E-state index is 0.0714. The lowest BCUT2D eigenvalue weighted by molar-refractivity contribution is -0.131. The summed E-state index contributed by atoms with van der Waals surface area (Å²) in [5.41, 5.74) is 2.38. The van der Waals surface area contributed by atoms with Gasteiger partial charge in [-0.2, -0.15) is 0 Å². The molecule has 4 heteroatoms. The van der Waals surface area contributed by atoms with E-state index in [1.807, 2.05) is 17.0 Å². The number of carbonyl (C=O) groups is 1. The number of para-hydroxylation sites is 1. The van der Waals surface area contributed by atoms with Crippen molar-refractivity contribution >= 4 is 11.6 Å². The largest absolute Gasteiger partial charge is 0.373 e. The molecule has 1 N–H and O–H groups in total. The standard InChI is InChI=1S/C17H25N3O/c1-3-19(4-2)14-9-10-20(12-14)17(21)16-11-13-7-5-6-8-15(13)18-16/h5-8,14,16,18H,3-4,9-12H2,1-2H3/t14?,16-/m0/s1. The Bertz CT molecular complexity index is 488. The number of carbonyl (C=O) groups excluding carboxylic acids is 1. The van der Waals surface area contributed by atoms with E-state index in [4.69, 9.17) is 0 Å². The Labute approximate surface area is 127 Å². The van der Waals surface area contributed by atoms with Crippen molar-refractivity contribution in [2.45, 2.75) is 38.8 Å². The second-order valence-electron chi connectivity index (χ2n) is 6.01. The van der Waals surface area contributed by atoms with E-state index in [2.05, 4.69) is 36.2 Å². The second-order valence-corrected chi connectivity index (χ2v) is 6.01. The molecule has 4 nitrogen and oxygen atoms in total. The van der Waals surface area contributed by atoms with Gasteiger partial charge in [-0.25, -0.2) is 0 Å². The van der Waals surface area contributed by atoms with Crippen molar-refractivity contribution in [3.63, 3.8) is 0 Å². The summed E-state index contributed by atoms with van der Waals surface area (Å²) in [6, 6.07) is 8.69. The lowest BCUT2D eigenvalue weighted by Gasteiger charge is -2.27. The highest BCUT2D eigenvalue weighted by Crippen LogP contribution is 2.27. The minimum Gasteiger partial charge on any atom is -0.373 e. The Morgan fingerprint density at radius 3 is 2.81 bits per heavy atom. The highest BCUT2D eigenvalue weighted by atomic mass is 16.2. The second kappa shape index (κ2) is 6.06. The maximum Gasteiger partial charge on any atom is 0.245 e. The molecule has 0 saturated carbocycles. The number of likely N-dealkylation sites (tertiary alicyclic amines) is 1. The van der Waals surface area contributed by atoms with Crippen LogP contribution in [-0.4, -0.2) is 54.0 Å². The summed E-state index contributed by atoms with van der Waals surface area (Å²) in [6.45, 7) is 8.31. The molecule has 1 saturated heterocycles. The summed E-state index contributed by atoms with van der Waals surface area (Å²) >= 11 is 0. The summed E-state index contributed by atoms with van der Waals surface area (Å²) < 4.78 is 0. The van der Waals surface area contributed by atoms with Crippen LogP contribution in [0.4, 0.5) is 5.69 Å². The van der Waals surface area contributed by atoms with E-state index in [1.54, 1.807) is 0 Å². The van der Waals surface area contributed by atoms with E-state index in [0.29, 0.717) is 6.04 Å². The molecule has 2 heterocycles. The lowest BCUT2D eigenvalue weighted by Crippen LogP contribution is -2.43. The van der Waals surface area contributed by atoms with Gasteiger partial charge >= 0.3 is 0 Å². The molecule has 0 aromatic heterocycles. The molecular formula is C17H25N3O. The third kappa shape index (κ3) is 2.77. The van der Waals surface area contributed by atoms with Gasteiger partial charge in [0.05, 0.1) is 0 Å². The van der Waals surface area contributed by atoms with Crippen LogP contribution in [0.15, 0.2) is 24.3 Å². The van der Waals surface area contributed by atoms with Crippen LogP contribution in [-0.2, 0) is 11.2 Å². The Morgan fingerprint density at radius 2 is 2.10 bits per heavy atom. The van der Waals surface area contributed by atoms with E-state index < -0.39 is 0 Å². The quantitative estimate of drug-likeness (QED) is 0.919. The van der Waals surface area contributed by atoms with Crippen molar-refractivity contribution in [3.05, 3.63) is 29.8 Å². The van der Waals surface area contributed by atoms with E-state index in [-0.39, 0.29) is 11.9 Å². The van der Waals surface area contributed by atoms with E-state index in [0.717, 1.165) is 44.7 Å². The molecule has 2 aliphatic heterocycles. The Balaban J connectivity index is 1.61. The first-order chi connectivity index (χ1) is 10.2. The smallest absolute Gasteiger partial charge is 0.245 e. The van der Waals surface area contributed by atoms with Crippen LogP contribution in [0.25, 0.3) is 0 Å². The third-order valence-electron chi connectivity index (χ3n) is 4.87. The maximum absolute atomic E-state index is 12.7. The Morgan fingerprint density at radius 1 is 1.33 bits per heavy atom. The molecule has 0 spiro atoms. The molecule has 21 heavy (non-hydrogen) atoms. The average molecular weight is 287 g/mol. The molecule has 0 aliphatic carbocycles. The Kier molecular flexibility index (Phi) is 4.15. The predicted octanol–water partition coefficient (Wildman–Crippen LogP) is 1.97. The Hall–Kier alpha value is -1.55. The highest BCUT2D eigenvalue weighted by molar-refractivity contribution is 5.87. The zero-order chi connectivity index (χ0) is 14.8. The number of likely N-dealkylation sites (N-methyl/N-ethyl adjacent to an activating group) is 1. The van der Waals surface area contributed by atoms with Crippen molar-refractivity contribution in [1.82, 2.24) is 9.80 Å². The first kappa shape index (κ1) is 14.4. The molecule has 1 aromatic carbocycles. The lowest BCUT2D eigenvalue weighted by atomic mass is 10.1. The third-order valence-corrected chi connectivity index (χ3v) is 4.87. The predicted molar refractivity (Wildman–Crippen MR) is 85.5 cm³/mol. The normalized spacial score (nSPS) is 24.2. The van der Waals surface area contributed by atoms with Gasteiger partial charge in [0, 0.05) is 31.2 Å². The van der Waals surface area contributed by atoms with Crippen molar-refractivity contribution in [3.8, 4) is 0 Å². The van der Waals surface area contributed by atoms with E-state index in [1.165, 1.54) is 5.56 Å². The van der Waals surface area contributed by atoms with Gasteiger partial charge in [0.2, 0.25) is 5.91 Å². The SMILES string of the molecule is CCN(CC)C1CCN(C(=O)[C@@H]2Cc3ccccc3N2)C1. The van der Waals surface area contributed by atoms with Crippen LogP contribution in [0.2, 0.25) is 0 Å². The summed E-state index contributed by atoms with van der Waals surface area (Å²) in [5, 5.41) is 3.38. The van der Waals surface area contributed by atoms with Crippen LogP contribution in [0.1, 0.15) is 25.8 Å². The fraction of sp³-hybridized carbons (Fsp3) is 0.588. The van der Waals surface area contributed by atoms with Gasteiger partial charge in [-0.05, 0) is 31.1 Å². The molecular weight excluding hydrogens is 262 g/mol. The summed E-state index contributed by atoms with van der Waals surface area (Å²) in [5.74, 6) is 0.265. The first-order valence-electron chi connectivity index (χ1n) is 8.10. The maximum atomic E-state index is 12.7. The van der Waals surface area contributed by atoms with Crippen LogP contribution < -0.4 is 5.32 Å². The summed E-state index contributed by atoms with van der Waals surface area (Å²) in [6.07, 6.45) is 1.93. The van der Waals surface area contributed by atoms with Crippen LogP contribution in [0.5, 0.6) is 0 Å². The van der Waals surface area contributed by atoms with Gasteiger partial charge < -0.3 is 10.2 Å².